The smallest absolute Gasteiger partial charge is 0.137 e. The molecule has 1 fully saturated rings. The summed E-state index contributed by atoms with van der Waals surface area (Å²) < 4.78 is 20.2. The summed E-state index contributed by atoms with van der Waals surface area (Å²) in [6.07, 6.45) is 4.98. The first kappa shape index (κ1) is 14.2. The molecular formula is C15H18FN3O2. The third-order valence-corrected chi connectivity index (χ3v) is 4.24. The number of aliphatic hydroxyl groups is 1. The summed E-state index contributed by atoms with van der Waals surface area (Å²) in [6, 6.07) is 6.18. The number of aromatic nitrogens is 3. The van der Waals surface area contributed by atoms with E-state index in [0.717, 1.165) is 18.4 Å². The Hall–Kier alpha value is -1.79. The van der Waals surface area contributed by atoms with E-state index in [1.54, 1.807) is 30.3 Å². The Labute approximate surface area is 122 Å². The molecule has 3 rings (SSSR count). The molecule has 0 bridgehead atoms. The van der Waals surface area contributed by atoms with Gasteiger partial charge in [-0.3, -0.25) is 0 Å². The van der Waals surface area contributed by atoms with Crippen molar-refractivity contribution in [2.24, 2.45) is 0 Å². The summed E-state index contributed by atoms with van der Waals surface area (Å²) in [5.74, 6) is -0.286. The van der Waals surface area contributed by atoms with Gasteiger partial charge in [0.15, 0.2) is 0 Å². The minimum Gasteiger partial charge on any atom is -0.385 e. The molecule has 0 aliphatic heterocycles. The molecule has 0 radical (unpaired) electrons. The standard InChI is InChI=1S/C15H18FN3O2/c1-21-15(6-7-15)14(20,9-19-11-17-10-18-19)8-12-2-4-13(16)5-3-12/h2-5,10-11,20H,6-9H2,1H3. The highest BCUT2D eigenvalue weighted by Crippen LogP contribution is 2.49. The van der Waals surface area contributed by atoms with Crippen LogP contribution < -0.4 is 0 Å². The molecule has 112 valence electrons. The van der Waals surface area contributed by atoms with Gasteiger partial charge in [0, 0.05) is 13.5 Å². The van der Waals surface area contributed by atoms with E-state index in [0.29, 0.717) is 6.42 Å². The van der Waals surface area contributed by atoms with Gasteiger partial charge in [-0.25, -0.2) is 14.1 Å². The molecular weight excluding hydrogens is 273 g/mol. The summed E-state index contributed by atoms with van der Waals surface area (Å²) in [4.78, 5) is 3.90. The highest BCUT2D eigenvalue weighted by molar-refractivity contribution is 5.22. The molecule has 0 spiro atoms. The lowest BCUT2D eigenvalue weighted by Gasteiger charge is -2.36. The summed E-state index contributed by atoms with van der Waals surface area (Å²) in [5.41, 5.74) is -0.803. The molecule has 0 saturated heterocycles. The second-order valence-corrected chi connectivity index (χ2v) is 5.63. The zero-order valence-electron chi connectivity index (χ0n) is 11.9. The van der Waals surface area contributed by atoms with E-state index in [1.165, 1.54) is 18.5 Å². The van der Waals surface area contributed by atoms with Crippen LogP contribution in [0.3, 0.4) is 0 Å². The fourth-order valence-corrected chi connectivity index (χ4v) is 2.86. The summed E-state index contributed by atoms with van der Waals surface area (Å²) in [5, 5.41) is 15.3. The number of hydrogen-bond acceptors (Lipinski definition) is 4. The van der Waals surface area contributed by atoms with Crippen molar-refractivity contribution < 1.29 is 14.2 Å². The van der Waals surface area contributed by atoms with Gasteiger partial charge in [0.25, 0.3) is 0 Å². The third kappa shape index (κ3) is 2.69. The molecule has 1 aliphatic carbocycles. The van der Waals surface area contributed by atoms with E-state index >= 15 is 0 Å². The van der Waals surface area contributed by atoms with Crippen LogP contribution in [0.5, 0.6) is 0 Å². The van der Waals surface area contributed by atoms with Gasteiger partial charge in [-0.05, 0) is 30.5 Å². The first-order valence-corrected chi connectivity index (χ1v) is 6.91. The topological polar surface area (TPSA) is 60.2 Å². The van der Waals surface area contributed by atoms with Crippen molar-refractivity contribution in [1.29, 1.82) is 0 Å². The molecule has 6 heteroatoms. The van der Waals surface area contributed by atoms with Crippen LogP contribution in [0.25, 0.3) is 0 Å². The van der Waals surface area contributed by atoms with Crippen molar-refractivity contribution in [1.82, 2.24) is 14.8 Å². The SMILES string of the molecule is COC1(C(O)(Cc2ccc(F)cc2)Cn2cncn2)CC1. The highest BCUT2D eigenvalue weighted by Gasteiger charge is 2.59. The van der Waals surface area contributed by atoms with Crippen molar-refractivity contribution in [3.05, 3.63) is 48.3 Å². The molecule has 1 aliphatic rings. The first-order chi connectivity index (χ1) is 10.1. The zero-order chi connectivity index (χ0) is 14.9. The number of halogens is 1. The van der Waals surface area contributed by atoms with Crippen LogP contribution in [0.4, 0.5) is 4.39 Å². The van der Waals surface area contributed by atoms with E-state index < -0.39 is 11.2 Å². The van der Waals surface area contributed by atoms with Crippen LogP contribution in [0.2, 0.25) is 0 Å². The molecule has 21 heavy (non-hydrogen) atoms. The maximum Gasteiger partial charge on any atom is 0.137 e. The van der Waals surface area contributed by atoms with Crippen LogP contribution in [0.1, 0.15) is 18.4 Å². The van der Waals surface area contributed by atoms with Crippen LogP contribution in [0.15, 0.2) is 36.9 Å². The van der Waals surface area contributed by atoms with Crippen LogP contribution in [-0.2, 0) is 17.7 Å². The molecule has 1 aromatic heterocycles. The lowest BCUT2D eigenvalue weighted by atomic mass is 9.86. The fourth-order valence-electron chi connectivity index (χ4n) is 2.86. The Morgan fingerprint density at radius 2 is 2.10 bits per heavy atom. The Kier molecular flexibility index (Phi) is 3.51. The van der Waals surface area contributed by atoms with Crippen molar-refractivity contribution in [3.8, 4) is 0 Å². The molecule has 1 N–H and O–H groups in total. The van der Waals surface area contributed by atoms with Crippen LogP contribution in [0, 0.1) is 5.82 Å². The Balaban J connectivity index is 1.87. The number of ether oxygens (including phenoxy) is 1. The van der Waals surface area contributed by atoms with Crippen molar-refractivity contribution in [3.63, 3.8) is 0 Å². The molecule has 1 unspecified atom stereocenters. The first-order valence-electron chi connectivity index (χ1n) is 6.91. The minimum atomic E-state index is -1.10. The molecule has 0 amide bonds. The van der Waals surface area contributed by atoms with Gasteiger partial charge in [-0.15, -0.1) is 0 Å². The summed E-state index contributed by atoms with van der Waals surface area (Å²) in [7, 11) is 1.62. The predicted octanol–water partition coefficient (Wildman–Crippen LogP) is 1.57. The molecule has 1 saturated carbocycles. The molecule has 5 nitrogen and oxygen atoms in total. The van der Waals surface area contributed by atoms with Gasteiger partial charge in [0.2, 0.25) is 0 Å². The summed E-state index contributed by atoms with van der Waals surface area (Å²) >= 11 is 0. The lowest BCUT2D eigenvalue weighted by Crippen LogP contribution is -2.51. The quantitative estimate of drug-likeness (QED) is 0.877. The van der Waals surface area contributed by atoms with E-state index in [9.17, 15) is 9.50 Å². The number of methoxy groups -OCH3 is 1. The van der Waals surface area contributed by atoms with Crippen molar-refractivity contribution in [2.75, 3.05) is 7.11 Å². The second kappa shape index (κ2) is 5.20. The molecule has 2 aromatic rings. The average Bonchev–Trinajstić information content (AvgIpc) is 3.14. The average molecular weight is 291 g/mol. The normalized spacial score (nSPS) is 19.2. The van der Waals surface area contributed by atoms with Gasteiger partial charge in [-0.2, -0.15) is 5.10 Å². The fraction of sp³-hybridized carbons (Fsp3) is 0.467. The Morgan fingerprint density at radius 3 is 2.62 bits per heavy atom. The second-order valence-electron chi connectivity index (χ2n) is 5.63. The van der Waals surface area contributed by atoms with Crippen molar-refractivity contribution >= 4 is 0 Å². The lowest BCUT2D eigenvalue weighted by molar-refractivity contribution is -0.122. The van der Waals surface area contributed by atoms with E-state index in [2.05, 4.69) is 10.1 Å². The monoisotopic (exact) mass is 291 g/mol. The molecule has 1 heterocycles. The van der Waals surface area contributed by atoms with Crippen molar-refractivity contribution in [2.45, 2.75) is 37.0 Å². The largest absolute Gasteiger partial charge is 0.385 e. The van der Waals surface area contributed by atoms with Crippen LogP contribution >= 0.6 is 0 Å². The van der Waals surface area contributed by atoms with Crippen LogP contribution in [-0.4, -0.2) is 38.2 Å². The summed E-state index contributed by atoms with van der Waals surface area (Å²) in [6.45, 7) is 0.290. The number of benzene rings is 1. The minimum absolute atomic E-state index is 0.286. The zero-order valence-corrected chi connectivity index (χ0v) is 11.9. The van der Waals surface area contributed by atoms with E-state index in [4.69, 9.17) is 4.74 Å². The number of hydrogen-bond donors (Lipinski definition) is 1. The molecule has 1 aromatic carbocycles. The number of nitrogens with zero attached hydrogens (tertiary/aromatic N) is 3. The van der Waals surface area contributed by atoms with E-state index in [-0.39, 0.29) is 12.4 Å². The van der Waals surface area contributed by atoms with Gasteiger partial charge in [0.05, 0.1) is 12.1 Å². The highest BCUT2D eigenvalue weighted by atomic mass is 19.1. The van der Waals surface area contributed by atoms with E-state index in [1.807, 2.05) is 0 Å². The van der Waals surface area contributed by atoms with Gasteiger partial charge in [-0.1, -0.05) is 12.1 Å². The third-order valence-electron chi connectivity index (χ3n) is 4.24. The molecule has 1 atom stereocenters. The van der Waals surface area contributed by atoms with Gasteiger partial charge < -0.3 is 9.84 Å². The maximum atomic E-state index is 13.0. The Bertz CT molecular complexity index is 596. The predicted molar refractivity (Wildman–Crippen MR) is 74.0 cm³/mol. The van der Waals surface area contributed by atoms with Gasteiger partial charge >= 0.3 is 0 Å². The number of rotatable bonds is 6. The Morgan fingerprint density at radius 1 is 1.38 bits per heavy atom. The maximum absolute atomic E-state index is 13.0. The van der Waals surface area contributed by atoms with Gasteiger partial charge in [0.1, 0.15) is 24.1 Å².